The first-order valence-corrected chi connectivity index (χ1v) is 6.68. The van der Waals surface area contributed by atoms with Gasteiger partial charge in [-0.05, 0) is 24.5 Å². The largest absolute Gasteiger partial charge is 0.399 e. The molecule has 0 atom stereocenters. The highest BCUT2D eigenvalue weighted by molar-refractivity contribution is 5.46. The van der Waals surface area contributed by atoms with Gasteiger partial charge in [-0.25, -0.2) is 0 Å². The van der Waals surface area contributed by atoms with E-state index < -0.39 is 0 Å². The highest BCUT2D eigenvalue weighted by Crippen LogP contribution is 2.15. The van der Waals surface area contributed by atoms with Crippen molar-refractivity contribution in [1.29, 1.82) is 0 Å². The zero-order valence-corrected chi connectivity index (χ0v) is 10.5. The van der Waals surface area contributed by atoms with E-state index in [9.17, 15) is 0 Å². The summed E-state index contributed by atoms with van der Waals surface area (Å²) in [5.74, 6) is 0. The van der Waals surface area contributed by atoms with Crippen molar-refractivity contribution in [3.8, 4) is 0 Å². The summed E-state index contributed by atoms with van der Waals surface area (Å²) in [7, 11) is 0. The Labute approximate surface area is 100 Å². The van der Waals surface area contributed by atoms with E-state index in [1.807, 2.05) is 12.1 Å². The third-order valence-corrected chi connectivity index (χ3v) is 3.10. The molecule has 0 saturated carbocycles. The van der Waals surface area contributed by atoms with Crippen LogP contribution in [0.4, 0.5) is 5.69 Å². The van der Waals surface area contributed by atoms with Gasteiger partial charge >= 0.3 is 0 Å². The van der Waals surface area contributed by atoms with Crippen LogP contribution in [0.1, 0.15) is 57.4 Å². The van der Waals surface area contributed by atoms with Gasteiger partial charge in [0.2, 0.25) is 0 Å². The summed E-state index contributed by atoms with van der Waals surface area (Å²) >= 11 is 0. The molecular formula is C15H25N. The molecule has 0 saturated heterocycles. The molecule has 0 spiro atoms. The maximum absolute atomic E-state index is 5.90. The Hall–Kier alpha value is -0.980. The van der Waals surface area contributed by atoms with Crippen molar-refractivity contribution >= 4 is 5.69 Å². The minimum Gasteiger partial charge on any atom is -0.399 e. The SMILES string of the molecule is CCCCCCCCCc1ccccc1N. The van der Waals surface area contributed by atoms with Crippen LogP contribution in [0.15, 0.2) is 24.3 Å². The first-order valence-electron chi connectivity index (χ1n) is 6.68. The fourth-order valence-electron chi connectivity index (χ4n) is 2.03. The van der Waals surface area contributed by atoms with E-state index in [1.54, 1.807) is 0 Å². The zero-order chi connectivity index (χ0) is 11.6. The van der Waals surface area contributed by atoms with Gasteiger partial charge in [0, 0.05) is 5.69 Å². The van der Waals surface area contributed by atoms with Crippen molar-refractivity contribution in [3.05, 3.63) is 29.8 Å². The summed E-state index contributed by atoms with van der Waals surface area (Å²) in [4.78, 5) is 0. The lowest BCUT2D eigenvalue weighted by Crippen LogP contribution is -1.93. The number of nitrogen functional groups attached to an aromatic ring is 1. The van der Waals surface area contributed by atoms with Crippen LogP contribution in [-0.2, 0) is 6.42 Å². The Balaban J connectivity index is 2.05. The van der Waals surface area contributed by atoms with Crippen molar-refractivity contribution in [2.75, 3.05) is 5.73 Å². The Bertz CT molecular complexity index is 281. The van der Waals surface area contributed by atoms with E-state index in [1.165, 1.54) is 50.5 Å². The smallest absolute Gasteiger partial charge is 0.0346 e. The van der Waals surface area contributed by atoms with Gasteiger partial charge in [-0.1, -0.05) is 63.6 Å². The van der Waals surface area contributed by atoms with Gasteiger partial charge < -0.3 is 5.73 Å². The van der Waals surface area contributed by atoms with Crippen LogP contribution in [0.3, 0.4) is 0 Å². The van der Waals surface area contributed by atoms with Gasteiger partial charge in [0.25, 0.3) is 0 Å². The van der Waals surface area contributed by atoms with Crippen LogP contribution >= 0.6 is 0 Å². The number of para-hydroxylation sites is 1. The zero-order valence-electron chi connectivity index (χ0n) is 10.5. The molecule has 0 unspecified atom stereocenters. The van der Waals surface area contributed by atoms with Gasteiger partial charge in [-0.2, -0.15) is 0 Å². The lowest BCUT2D eigenvalue weighted by atomic mass is 10.0. The third kappa shape index (κ3) is 5.20. The second kappa shape index (κ2) is 8.20. The van der Waals surface area contributed by atoms with Crippen LogP contribution in [0.2, 0.25) is 0 Å². The van der Waals surface area contributed by atoms with Gasteiger partial charge in [0.05, 0.1) is 0 Å². The maximum Gasteiger partial charge on any atom is 0.0346 e. The summed E-state index contributed by atoms with van der Waals surface area (Å²) in [6, 6.07) is 8.22. The van der Waals surface area contributed by atoms with Gasteiger partial charge in [-0.3, -0.25) is 0 Å². The number of aryl methyl sites for hydroxylation is 1. The van der Waals surface area contributed by atoms with Crippen LogP contribution in [0.5, 0.6) is 0 Å². The molecule has 0 amide bonds. The molecule has 1 heteroatoms. The van der Waals surface area contributed by atoms with Crippen LogP contribution in [0.25, 0.3) is 0 Å². The molecule has 0 aliphatic carbocycles. The van der Waals surface area contributed by atoms with Crippen molar-refractivity contribution in [2.45, 2.75) is 58.3 Å². The van der Waals surface area contributed by atoms with Crippen molar-refractivity contribution in [3.63, 3.8) is 0 Å². The van der Waals surface area contributed by atoms with Gasteiger partial charge in [0.1, 0.15) is 0 Å². The highest BCUT2D eigenvalue weighted by Gasteiger charge is 1.97. The molecular weight excluding hydrogens is 194 g/mol. The van der Waals surface area contributed by atoms with E-state index in [4.69, 9.17) is 5.73 Å². The predicted octanol–water partition coefficient (Wildman–Crippen LogP) is 4.56. The molecule has 1 nitrogen and oxygen atoms in total. The summed E-state index contributed by atoms with van der Waals surface area (Å²) in [6.45, 7) is 2.26. The fraction of sp³-hybridized carbons (Fsp3) is 0.600. The molecule has 1 aromatic carbocycles. The predicted molar refractivity (Wildman–Crippen MR) is 72.6 cm³/mol. The van der Waals surface area contributed by atoms with Crippen LogP contribution < -0.4 is 5.73 Å². The lowest BCUT2D eigenvalue weighted by Gasteiger charge is -2.05. The van der Waals surface area contributed by atoms with Gasteiger partial charge in [-0.15, -0.1) is 0 Å². The maximum atomic E-state index is 5.90. The molecule has 0 aliphatic rings. The fourth-order valence-corrected chi connectivity index (χ4v) is 2.03. The number of hydrogen-bond acceptors (Lipinski definition) is 1. The highest BCUT2D eigenvalue weighted by atomic mass is 14.6. The Morgan fingerprint density at radius 2 is 1.50 bits per heavy atom. The molecule has 0 aliphatic heterocycles. The Morgan fingerprint density at radius 1 is 0.875 bits per heavy atom. The van der Waals surface area contributed by atoms with E-state index in [0.717, 1.165) is 12.1 Å². The summed E-state index contributed by atoms with van der Waals surface area (Å²) in [5, 5.41) is 0. The van der Waals surface area contributed by atoms with E-state index in [0.29, 0.717) is 0 Å². The number of nitrogens with two attached hydrogens (primary N) is 1. The minimum absolute atomic E-state index is 0.952. The molecule has 0 fully saturated rings. The minimum atomic E-state index is 0.952. The lowest BCUT2D eigenvalue weighted by molar-refractivity contribution is 0.589. The quantitative estimate of drug-likeness (QED) is 0.503. The summed E-state index contributed by atoms with van der Waals surface area (Å²) in [6.07, 6.45) is 10.7. The van der Waals surface area contributed by atoms with Gasteiger partial charge in [0.15, 0.2) is 0 Å². The Kier molecular flexibility index (Phi) is 6.71. The van der Waals surface area contributed by atoms with Crippen molar-refractivity contribution in [1.82, 2.24) is 0 Å². The van der Waals surface area contributed by atoms with E-state index in [-0.39, 0.29) is 0 Å². The first kappa shape index (κ1) is 13.1. The monoisotopic (exact) mass is 219 g/mol. The molecule has 0 bridgehead atoms. The van der Waals surface area contributed by atoms with Crippen LogP contribution in [-0.4, -0.2) is 0 Å². The van der Waals surface area contributed by atoms with Crippen molar-refractivity contribution in [2.24, 2.45) is 0 Å². The molecule has 0 aromatic heterocycles. The topological polar surface area (TPSA) is 26.0 Å². The molecule has 0 heterocycles. The molecule has 90 valence electrons. The average molecular weight is 219 g/mol. The molecule has 1 rings (SSSR count). The third-order valence-electron chi connectivity index (χ3n) is 3.10. The van der Waals surface area contributed by atoms with E-state index >= 15 is 0 Å². The second-order valence-electron chi connectivity index (χ2n) is 4.57. The number of unbranched alkanes of at least 4 members (excludes halogenated alkanes) is 6. The normalized spacial score (nSPS) is 10.6. The number of hydrogen-bond donors (Lipinski definition) is 1. The molecule has 16 heavy (non-hydrogen) atoms. The van der Waals surface area contributed by atoms with E-state index in [2.05, 4.69) is 19.1 Å². The number of benzene rings is 1. The van der Waals surface area contributed by atoms with Crippen molar-refractivity contribution < 1.29 is 0 Å². The van der Waals surface area contributed by atoms with Crippen LogP contribution in [0, 0.1) is 0 Å². The molecule has 2 N–H and O–H groups in total. The Morgan fingerprint density at radius 3 is 2.19 bits per heavy atom. The molecule has 0 radical (unpaired) electrons. The summed E-state index contributed by atoms with van der Waals surface area (Å²) < 4.78 is 0. The first-order chi connectivity index (χ1) is 7.84. The standard InChI is InChI=1S/C15H25N/c1-2-3-4-5-6-7-8-11-14-12-9-10-13-15(14)16/h9-10,12-13H,2-8,11,16H2,1H3. The molecule has 1 aromatic rings. The average Bonchev–Trinajstić information content (AvgIpc) is 2.30. The second-order valence-corrected chi connectivity index (χ2v) is 4.57. The number of anilines is 1. The number of rotatable bonds is 8. The summed E-state index contributed by atoms with van der Waals surface area (Å²) in [5.41, 5.74) is 8.17.